The Kier molecular flexibility index (Phi) is 3.37. The predicted molar refractivity (Wildman–Crippen MR) is 83.9 cm³/mol. The van der Waals surface area contributed by atoms with Crippen molar-refractivity contribution in [1.29, 1.82) is 0 Å². The van der Waals surface area contributed by atoms with Crippen molar-refractivity contribution in [2.75, 3.05) is 5.43 Å². The smallest absolute Gasteiger partial charge is 0.0754 e. The molecule has 0 heterocycles. The third-order valence-corrected chi connectivity index (χ3v) is 5.81. The van der Waals surface area contributed by atoms with Crippen molar-refractivity contribution in [3.63, 3.8) is 0 Å². The van der Waals surface area contributed by atoms with E-state index in [0.29, 0.717) is 22.5 Å². The molecule has 0 aromatic heterocycles. The van der Waals surface area contributed by atoms with Gasteiger partial charge in [-0.3, -0.25) is 5.43 Å². The van der Waals surface area contributed by atoms with Gasteiger partial charge in [-0.15, -0.1) is 0 Å². The third kappa shape index (κ3) is 2.39. The molecule has 0 aliphatic heterocycles. The van der Waals surface area contributed by atoms with Crippen LogP contribution in [-0.4, -0.2) is 11.7 Å². The molecule has 116 valence electrons. The van der Waals surface area contributed by atoms with Gasteiger partial charge in [-0.25, -0.2) is 0 Å². The molecule has 4 fully saturated rings. The number of nitrogens with one attached hydrogen (secondary N) is 1. The second-order valence-corrected chi connectivity index (χ2v) is 7.34. The van der Waals surface area contributed by atoms with E-state index in [1.165, 1.54) is 49.9 Å². The van der Waals surface area contributed by atoms with Crippen molar-refractivity contribution in [2.45, 2.75) is 32.1 Å². The molecule has 0 unspecified atom stereocenters. The van der Waals surface area contributed by atoms with E-state index in [1.807, 2.05) is 0 Å². The van der Waals surface area contributed by atoms with Crippen LogP contribution >= 0.6 is 11.6 Å². The maximum absolute atomic E-state index is 11.0. The normalized spacial score (nSPS) is 32.1. The molecule has 0 saturated heterocycles. The highest BCUT2D eigenvalue weighted by atomic mass is 35.5. The average molecular weight is 318 g/mol. The monoisotopic (exact) mass is 317 g/mol. The van der Waals surface area contributed by atoms with E-state index in [0.717, 1.165) is 11.8 Å². The number of hydrogen-bond acceptors (Lipinski definition) is 4. The molecule has 1 aromatic carbocycles. The van der Waals surface area contributed by atoms with E-state index in [9.17, 15) is 9.90 Å². The fourth-order valence-corrected chi connectivity index (χ4v) is 4.87. The second kappa shape index (κ2) is 5.27. The molecule has 4 saturated carbocycles. The molecule has 4 nitrogen and oxygen atoms in total. The molecule has 1 aromatic rings. The Labute approximate surface area is 134 Å². The number of carboxylic acid groups (broad SMARTS) is 1. The molecule has 22 heavy (non-hydrogen) atoms. The summed E-state index contributed by atoms with van der Waals surface area (Å²) in [5.74, 6) is 1.79. The summed E-state index contributed by atoms with van der Waals surface area (Å²) in [6, 6.07) is 4.49. The minimum atomic E-state index is -1.21. The van der Waals surface area contributed by atoms with Gasteiger partial charge in [0.2, 0.25) is 0 Å². The van der Waals surface area contributed by atoms with Gasteiger partial charge in [0.15, 0.2) is 0 Å². The van der Waals surface area contributed by atoms with Gasteiger partial charge in [0.05, 0.1) is 16.7 Å². The van der Waals surface area contributed by atoms with Crippen LogP contribution in [0.25, 0.3) is 0 Å². The fraction of sp³-hybridized carbons (Fsp3) is 0.529. The van der Waals surface area contributed by atoms with E-state index in [1.54, 1.807) is 6.07 Å². The zero-order valence-electron chi connectivity index (χ0n) is 12.2. The van der Waals surface area contributed by atoms with Gasteiger partial charge in [-0.05, 0) is 73.5 Å². The zero-order valence-corrected chi connectivity index (χ0v) is 13.0. The quantitative estimate of drug-likeness (QED) is 0.872. The SMILES string of the molecule is O=C([O-])c1ccc(Cl)c(NN=C2C3CC4CC(C3)CC2C4)c1. The minimum absolute atomic E-state index is 0.109. The number of aromatic carboxylic acids is 1. The van der Waals surface area contributed by atoms with Crippen molar-refractivity contribution in [3.05, 3.63) is 28.8 Å². The van der Waals surface area contributed by atoms with Gasteiger partial charge in [0.1, 0.15) is 0 Å². The Balaban J connectivity index is 1.57. The largest absolute Gasteiger partial charge is 0.545 e. The first-order valence-electron chi connectivity index (χ1n) is 7.94. The average Bonchev–Trinajstić information content (AvgIpc) is 2.47. The van der Waals surface area contributed by atoms with E-state index in [2.05, 4.69) is 10.5 Å². The summed E-state index contributed by atoms with van der Waals surface area (Å²) in [6.07, 6.45) is 6.47. The first kappa shape index (κ1) is 14.1. The molecule has 0 atom stereocenters. The van der Waals surface area contributed by atoms with E-state index < -0.39 is 5.97 Å². The molecule has 4 aliphatic rings. The lowest BCUT2D eigenvalue weighted by Crippen LogP contribution is -2.45. The van der Waals surface area contributed by atoms with Crippen LogP contribution in [0.2, 0.25) is 5.02 Å². The van der Waals surface area contributed by atoms with Crippen molar-refractivity contribution in [2.24, 2.45) is 28.8 Å². The molecular weight excluding hydrogens is 300 g/mol. The van der Waals surface area contributed by atoms with Crippen LogP contribution in [0.5, 0.6) is 0 Å². The van der Waals surface area contributed by atoms with Crippen molar-refractivity contribution < 1.29 is 9.90 Å². The standard InChI is InChI=1S/C17H19ClN2O2/c18-14-2-1-11(17(21)22)8-15(14)19-20-16-12-4-9-3-10(6-12)7-13(16)5-9/h1-2,8-10,12-13,19H,3-7H2,(H,21,22)/p-1. The molecule has 5 heteroatoms. The second-order valence-electron chi connectivity index (χ2n) is 6.93. The number of anilines is 1. The van der Waals surface area contributed by atoms with Crippen LogP contribution in [0.15, 0.2) is 23.3 Å². The third-order valence-electron chi connectivity index (χ3n) is 5.48. The van der Waals surface area contributed by atoms with Crippen LogP contribution < -0.4 is 10.5 Å². The van der Waals surface area contributed by atoms with Crippen molar-refractivity contribution >= 4 is 29.0 Å². The maximum atomic E-state index is 11.0. The maximum Gasteiger partial charge on any atom is 0.0754 e. The van der Waals surface area contributed by atoms with E-state index in [4.69, 9.17) is 11.6 Å². The Bertz CT molecular complexity index is 626. The summed E-state index contributed by atoms with van der Waals surface area (Å²) in [7, 11) is 0. The summed E-state index contributed by atoms with van der Waals surface area (Å²) in [4.78, 5) is 11.0. The highest BCUT2D eigenvalue weighted by Crippen LogP contribution is 2.52. The number of nitrogens with zero attached hydrogens (tertiary/aromatic N) is 1. The number of halogens is 1. The Morgan fingerprint density at radius 3 is 2.36 bits per heavy atom. The zero-order chi connectivity index (χ0) is 15.3. The molecule has 0 amide bonds. The molecule has 5 rings (SSSR count). The molecular formula is C17H18ClN2O2-. The summed E-state index contributed by atoms with van der Waals surface area (Å²) >= 11 is 6.12. The Morgan fingerprint density at radius 1 is 1.14 bits per heavy atom. The number of carbonyl (C=O) groups is 1. The van der Waals surface area contributed by atoms with Gasteiger partial charge in [-0.2, -0.15) is 5.10 Å². The first-order valence-corrected chi connectivity index (χ1v) is 8.32. The van der Waals surface area contributed by atoms with Gasteiger partial charge >= 0.3 is 0 Å². The molecule has 0 spiro atoms. The first-order chi connectivity index (χ1) is 10.6. The summed E-state index contributed by atoms with van der Waals surface area (Å²) in [5.41, 5.74) is 4.91. The number of rotatable bonds is 3. The summed E-state index contributed by atoms with van der Waals surface area (Å²) in [6.45, 7) is 0. The minimum Gasteiger partial charge on any atom is -0.545 e. The van der Waals surface area contributed by atoms with Gasteiger partial charge in [-0.1, -0.05) is 17.7 Å². The molecule has 0 radical (unpaired) electrons. The summed E-state index contributed by atoms with van der Waals surface area (Å²) < 4.78 is 0. The topological polar surface area (TPSA) is 64.5 Å². The fourth-order valence-electron chi connectivity index (χ4n) is 4.71. The number of benzene rings is 1. The molecule has 4 aliphatic carbocycles. The highest BCUT2D eigenvalue weighted by Gasteiger charge is 2.46. The number of hydrazone groups is 1. The van der Waals surface area contributed by atoms with Crippen LogP contribution in [0.4, 0.5) is 5.69 Å². The van der Waals surface area contributed by atoms with E-state index >= 15 is 0 Å². The van der Waals surface area contributed by atoms with Gasteiger partial charge in [0, 0.05) is 5.71 Å². The molecule has 4 bridgehead atoms. The highest BCUT2D eigenvalue weighted by molar-refractivity contribution is 6.33. The lowest BCUT2D eigenvalue weighted by atomic mass is 9.55. The van der Waals surface area contributed by atoms with Crippen molar-refractivity contribution in [3.8, 4) is 0 Å². The lowest BCUT2D eigenvalue weighted by Gasteiger charge is -2.50. The Hall–Kier alpha value is -1.55. The molecule has 1 N–H and O–H groups in total. The summed E-state index contributed by atoms with van der Waals surface area (Å²) in [5, 5.41) is 16.0. The van der Waals surface area contributed by atoms with Crippen LogP contribution in [0.3, 0.4) is 0 Å². The van der Waals surface area contributed by atoms with Crippen LogP contribution in [-0.2, 0) is 0 Å². The van der Waals surface area contributed by atoms with Gasteiger partial charge in [0.25, 0.3) is 0 Å². The number of carboxylic acids is 1. The van der Waals surface area contributed by atoms with Gasteiger partial charge < -0.3 is 9.90 Å². The van der Waals surface area contributed by atoms with Crippen LogP contribution in [0.1, 0.15) is 42.5 Å². The van der Waals surface area contributed by atoms with E-state index in [-0.39, 0.29) is 5.56 Å². The van der Waals surface area contributed by atoms with Crippen LogP contribution in [0, 0.1) is 23.7 Å². The lowest BCUT2D eigenvalue weighted by molar-refractivity contribution is -0.255. The number of hydrogen-bond donors (Lipinski definition) is 1. The Morgan fingerprint density at radius 2 is 1.77 bits per heavy atom. The van der Waals surface area contributed by atoms with Crippen molar-refractivity contribution in [1.82, 2.24) is 0 Å². The predicted octanol–water partition coefficient (Wildman–Crippen LogP) is 2.93. The number of carbonyl (C=O) groups excluding carboxylic acids is 1.